The van der Waals surface area contributed by atoms with Crippen LogP contribution in [0.5, 0.6) is 46.0 Å². The molecule has 3 aromatic heterocycles. The van der Waals surface area contributed by atoms with Gasteiger partial charge in [-0.1, -0.05) is 225 Å². The largest absolute Gasteiger partial charge is 0.508 e. The second-order valence-electron chi connectivity index (χ2n) is 35.6. The lowest BCUT2D eigenvalue weighted by Gasteiger charge is -2.26. The molecule has 0 atom stereocenters. The molecule has 1 aliphatic heterocycles. The number of halogens is 8. The number of hydrogen-bond donors (Lipinski definition) is 4. The number of nitrogens with one attached hydrogen (secondary N) is 1. The van der Waals surface area contributed by atoms with Crippen molar-refractivity contribution in [3.8, 4) is 79.8 Å². The molecule has 0 spiro atoms. The lowest BCUT2D eigenvalue weighted by molar-refractivity contribution is 0.205. The molecule has 1 aliphatic rings. The molecule has 148 heavy (non-hydrogen) atoms. The number of benzene rings is 14. The fraction of sp³-hybridized carbons (Fsp3) is 0.274. The fourth-order valence-electron chi connectivity index (χ4n) is 16.6. The van der Waals surface area contributed by atoms with Gasteiger partial charge in [-0.2, -0.15) is 0 Å². The molecule has 17 aromatic rings. The summed E-state index contributed by atoms with van der Waals surface area (Å²) in [6.07, 6.45) is 8.80. The van der Waals surface area contributed by atoms with E-state index in [1.807, 2.05) is 127 Å². The van der Waals surface area contributed by atoms with Crippen LogP contribution in [0.2, 0.25) is 0 Å². The Balaban J connectivity index is 0.000000177. The van der Waals surface area contributed by atoms with Crippen LogP contribution in [0.4, 0.5) is 0 Å². The Morgan fingerprint density at radius 2 is 0.655 bits per heavy atom. The summed E-state index contributed by atoms with van der Waals surface area (Å²) in [5.41, 5.74) is 27.6. The lowest BCUT2D eigenvalue weighted by atomic mass is 10.1. The minimum Gasteiger partial charge on any atom is -0.508 e. The summed E-state index contributed by atoms with van der Waals surface area (Å²) in [5, 5.41) is 31.9. The van der Waals surface area contributed by atoms with Gasteiger partial charge in [-0.05, 0) is 347 Å². The van der Waals surface area contributed by atoms with Gasteiger partial charge in [0.1, 0.15) is 65.8 Å². The third-order valence-corrected chi connectivity index (χ3v) is 26.7. The number of aromatic amines is 1. The van der Waals surface area contributed by atoms with Gasteiger partial charge in [-0.25, -0.2) is 4.21 Å². The maximum Gasteiger partial charge on any atom is 0.158 e. The first-order chi connectivity index (χ1) is 72.2. The number of H-pyrrole nitrogens is 1. The molecule has 1 fully saturated rings. The molecule has 15 nitrogen and oxygen atoms in total. The number of alkyl halides is 6. The van der Waals surface area contributed by atoms with Crippen LogP contribution in [0.15, 0.2) is 340 Å². The Hall–Kier alpha value is -10.8. The molecule has 0 amide bonds. The van der Waals surface area contributed by atoms with Crippen molar-refractivity contribution in [1.29, 1.82) is 0 Å². The first-order valence-corrected chi connectivity index (χ1v) is 59.2. The average Bonchev–Trinajstić information content (AvgIpc) is 1.53. The number of rotatable bonds is 38. The number of aliphatic hydroxyl groups is 2. The maximum absolute atomic E-state index is 9.39. The van der Waals surface area contributed by atoms with Gasteiger partial charge in [0.2, 0.25) is 0 Å². The Kier molecular flexibility index (Phi) is 51.9. The smallest absolute Gasteiger partial charge is 0.158 e. The van der Waals surface area contributed by atoms with Gasteiger partial charge in [-0.3, -0.25) is 0 Å². The molecule has 4 N–H and O–H groups in total. The zero-order valence-corrected chi connectivity index (χ0v) is 95.2. The highest BCUT2D eigenvalue weighted by Crippen LogP contribution is 2.40. The van der Waals surface area contributed by atoms with E-state index in [9.17, 15) is 4.21 Å². The molecule has 0 unspecified atom stereocenters. The van der Waals surface area contributed by atoms with Crippen LogP contribution in [0.3, 0.4) is 0 Å². The first-order valence-electron chi connectivity index (χ1n) is 50.0. The molecule has 778 valence electrons. The van der Waals surface area contributed by atoms with E-state index >= 15 is 0 Å². The zero-order chi connectivity index (χ0) is 105. The number of fused-ring (bicyclic) bond motifs is 3. The Morgan fingerprint density at radius 1 is 0.338 bits per heavy atom. The van der Waals surface area contributed by atoms with Crippen LogP contribution in [0.1, 0.15) is 129 Å². The van der Waals surface area contributed by atoms with E-state index in [4.69, 9.17) is 94.9 Å². The molecular weight excluding hydrogens is 2210 g/mol. The van der Waals surface area contributed by atoms with E-state index in [2.05, 4.69) is 310 Å². The monoisotopic (exact) mass is 2340 g/mol. The first kappa shape index (κ1) is 117. The minimum absolute atomic E-state index is 0.0281. The van der Waals surface area contributed by atoms with Gasteiger partial charge in [0, 0.05) is 122 Å². The van der Waals surface area contributed by atoms with E-state index in [-0.39, 0.29) is 19.0 Å². The van der Waals surface area contributed by atoms with Gasteiger partial charge in [0.15, 0.2) is 7.67 Å². The normalized spacial score (nSPS) is 11.4. The van der Waals surface area contributed by atoms with Gasteiger partial charge in [-0.15, -0.1) is 46.4 Å². The summed E-state index contributed by atoms with van der Waals surface area (Å²) in [7, 11) is -0.986. The molecule has 0 aliphatic carbocycles. The second kappa shape index (κ2) is 65.3. The maximum atomic E-state index is 9.39. The van der Waals surface area contributed by atoms with Crippen LogP contribution in [-0.4, -0.2) is 113 Å². The SMILES string of the molecule is Cc1ccc2[nH]c(-c3ccc(OCc4ccccc4)cc3)c(C)c2c1.Cc1ccc2c(c1)c(C)c(-c1ccc(OCc3ccccc3)cc1)n2Cc1ccc(OCCCCl)cc1.Cc1ccc2c(c1)c(C)c(-c1ccc(OCc3ccccc3)cc1)n2Cc1ccc(OCCCN2CCCCC2)cc1.ClCCCBr.ClCCCOc1ccc(CBr)cc1.O=S(Br)Br.OCc1ccc(O)cc1.OCc1ccc(OCCCCl)cc1. The van der Waals surface area contributed by atoms with E-state index in [1.54, 1.807) is 24.3 Å². The summed E-state index contributed by atoms with van der Waals surface area (Å²) in [4.78, 5) is 6.12. The number of ether oxygens (including phenoxy) is 7. The van der Waals surface area contributed by atoms with Gasteiger partial charge in [0.05, 0.1) is 51.0 Å². The van der Waals surface area contributed by atoms with Crippen molar-refractivity contribution in [1.82, 2.24) is 19.0 Å². The van der Waals surface area contributed by atoms with Crippen LogP contribution in [0.25, 0.3) is 66.5 Å². The summed E-state index contributed by atoms with van der Waals surface area (Å²) in [5.74, 6) is 9.08. The molecule has 24 heteroatoms. The minimum atomic E-state index is -0.986. The van der Waals surface area contributed by atoms with Gasteiger partial charge < -0.3 is 67.5 Å². The number of phenols is 1. The molecular formula is C124H134Br4Cl4N4O11S. The molecule has 1 saturated heterocycles. The average molecular weight is 2350 g/mol. The molecule has 4 heterocycles. The van der Waals surface area contributed by atoms with E-state index in [0.717, 1.165) is 132 Å². The number of hydrogen-bond acceptors (Lipinski definition) is 12. The highest BCUT2D eigenvalue weighted by atomic mass is 79.9. The van der Waals surface area contributed by atoms with Crippen molar-refractivity contribution < 1.29 is 52.7 Å². The molecule has 0 radical (unpaired) electrons. The van der Waals surface area contributed by atoms with Gasteiger partial charge in [0.25, 0.3) is 0 Å². The van der Waals surface area contributed by atoms with E-state index < -0.39 is 7.67 Å². The van der Waals surface area contributed by atoms with E-state index in [1.165, 1.54) is 160 Å². The summed E-state index contributed by atoms with van der Waals surface area (Å²) >= 11 is 34.0. The third-order valence-electron chi connectivity index (χ3n) is 24.4. The van der Waals surface area contributed by atoms with Crippen molar-refractivity contribution in [3.05, 3.63) is 418 Å². The number of aromatic nitrogens is 3. The molecule has 0 bridgehead atoms. The van der Waals surface area contributed by atoms with Crippen LogP contribution < -0.4 is 33.2 Å². The van der Waals surface area contributed by atoms with Crippen LogP contribution >= 0.6 is 108 Å². The highest BCUT2D eigenvalue weighted by molar-refractivity contribution is 9.78. The number of nitrogens with zero attached hydrogens (tertiary/aromatic N) is 3. The van der Waals surface area contributed by atoms with Crippen molar-refractivity contribution in [2.45, 2.75) is 144 Å². The number of phenolic OH excluding ortho intramolecular Hbond substituents is 1. The van der Waals surface area contributed by atoms with Crippen LogP contribution in [-0.2, 0) is 59.1 Å². The standard InChI is InChI=1S/C38H42N2O2.C33H32ClNO2.C23H21NO.C10H12BrClO.C10H13ClO2.C7H8O2.C3H6BrCl.Br2OS/c1-29-12-21-37-36(26-29)30(2)38(33-15-19-35(20-16-33)42-28-32-10-5-3-6-11-32)40(37)27-31-13-17-34(18-14-31)41-25-9-24-39-22-7-4-8-23-39;1-24-9-18-32-31(21-24)25(2)33(35(32)22-26-10-14-29(15-11-26)36-20-6-19-34)28-12-16-30(17-13-28)37-23-27-7-4-3-5-8-27;1-16-8-13-22-21(14-16)17(2)23(24-22)19-9-11-20(12-10-19)25-15-18-6-4-3-5-7-18;11-8-9-2-4-10(5-3-9)13-7-1-6-12;11-6-1-7-13-10-4-2-9(8-12)3-5-10;8-5-6-1-3-7(9)4-2-6;4-2-1-3-5;1-4(2)3/h3,5-6,10-21,26H,4,7-9,22-25,27-28H2,1-2H3;3-5,7-18,21H,6,19-20,22-23H2,1-2H3;3-14,24H,15H2,1-2H3;2-5H,1,6-8H2;2-5,12H,1,6-8H2;1-4,8-9H,5H2;1-3H2;. The summed E-state index contributed by atoms with van der Waals surface area (Å²) < 4.78 is 55.0. The number of aliphatic hydroxyl groups excluding tert-OH is 2. The van der Waals surface area contributed by atoms with Gasteiger partial charge >= 0.3 is 0 Å². The molecule has 18 rings (SSSR count). The number of aromatic hydroxyl groups is 1. The van der Waals surface area contributed by atoms with Crippen LogP contribution in [0, 0.1) is 41.5 Å². The number of piperidine rings is 1. The Bertz CT molecular complexity index is 6660. The Morgan fingerprint density at radius 3 is 1.00 bits per heavy atom. The summed E-state index contributed by atoms with van der Waals surface area (Å²) in [6, 6.07) is 115. The van der Waals surface area contributed by atoms with Crippen molar-refractivity contribution in [2.75, 3.05) is 74.9 Å². The topological polar surface area (TPSA) is 171 Å². The summed E-state index contributed by atoms with van der Waals surface area (Å²) in [6.45, 7) is 22.8. The van der Waals surface area contributed by atoms with Crippen molar-refractivity contribution in [3.63, 3.8) is 0 Å². The Labute approximate surface area is 928 Å². The predicted octanol–water partition coefficient (Wildman–Crippen LogP) is 33.4. The third kappa shape index (κ3) is 39.2. The van der Waals surface area contributed by atoms with Crippen molar-refractivity contribution in [2.24, 2.45) is 0 Å². The predicted molar refractivity (Wildman–Crippen MR) is 634 cm³/mol. The van der Waals surface area contributed by atoms with Crippen molar-refractivity contribution >= 4 is 148 Å². The highest BCUT2D eigenvalue weighted by Gasteiger charge is 2.21. The molecule has 14 aromatic carbocycles. The molecule has 0 saturated carbocycles. The lowest BCUT2D eigenvalue weighted by Crippen LogP contribution is -2.31. The quantitative estimate of drug-likeness (QED) is 0.0164. The number of likely N-dealkylation sites (tertiary alicyclic amines) is 1. The van der Waals surface area contributed by atoms with E-state index in [0.29, 0.717) is 57.3 Å². The second-order valence-corrected chi connectivity index (χ2v) is 45.0. The number of aryl methyl sites for hydroxylation is 6. The zero-order valence-electron chi connectivity index (χ0n) is 85.0. The fourth-order valence-corrected chi connectivity index (χ4v) is 18.0.